The number of rotatable bonds is 9. The molecule has 2 atom stereocenters. The minimum atomic E-state index is -2.70. The summed E-state index contributed by atoms with van der Waals surface area (Å²) < 4.78 is 54.8. The van der Waals surface area contributed by atoms with Crippen LogP contribution < -0.4 is 14.2 Å². The minimum absolute atomic E-state index is 0.0286. The maximum Gasteiger partial charge on any atom is 0.251 e. The smallest absolute Gasteiger partial charge is 0.251 e. The van der Waals surface area contributed by atoms with Gasteiger partial charge in [-0.15, -0.1) is 5.10 Å². The Morgan fingerprint density at radius 1 is 0.840 bits per heavy atom. The van der Waals surface area contributed by atoms with Crippen LogP contribution >= 0.6 is 0 Å². The summed E-state index contributed by atoms with van der Waals surface area (Å²) in [6.07, 6.45) is 4.30. The summed E-state index contributed by atoms with van der Waals surface area (Å²) in [5.41, 5.74) is 10.7. The molecule has 10 heterocycles. The summed E-state index contributed by atoms with van der Waals surface area (Å²) in [6.45, 7) is 9.63. The summed E-state index contributed by atoms with van der Waals surface area (Å²) in [5.74, 6) is 1.08. The van der Waals surface area contributed by atoms with E-state index in [-0.39, 0.29) is 37.9 Å². The number of alkyl halides is 2. The molecule has 0 aliphatic carbocycles. The van der Waals surface area contributed by atoms with Crippen LogP contribution in [0.1, 0.15) is 82.3 Å². The standard InChI is InChI=1S/C51H56F2N18O4/c1-27(26-72)71-43-24-69(25-44(52)53)22-28(2)75-51-46(40-20-35-37(59-61-48(35)31(5)57-40)12-10-33(43)49(65-71)73-17-14-54)38(63-68(51)8)13-15-70-42-23-66(6)16-18-74-50-45(29(3)62-67(50)7)39-19-34-36(58-60-47(34)30(4)56-39)11-9-32(42)41(21-55)64-70/h9-12,19-20,27-28,44,72H,13,15-18,22-26H2,1-8H3,(H,58,60)(H,59,61)/b11-9+,12-10+/t27-,28-/m0/s1. The number of nitrogens with zero attached hydrogens (tertiary/aromatic N) is 16. The van der Waals surface area contributed by atoms with Gasteiger partial charge >= 0.3 is 0 Å². The number of ether oxygens (including phenoxy) is 3. The quantitative estimate of drug-likeness (QED) is 0.151. The lowest BCUT2D eigenvalue weighted by atomic mass is 10.1. The monoisotopic (exact) mass is 1020 g/mol. The number of fused-ring (bicyclic) bond motifs is 8. The molecule has 0 aromatic carbocycles. The summed E-state index contributed by atoms with van der Waals surface area (Å²) in [5, 5.41) is 66.7. The molecule has 8 aromatic rings. The summed E-state index contributed by atoms with van der Waals surface area (Å²) >= 11 is 0. The number of aliphatic hydroxyl groups is 1. The topological polar surface area (TPSA) is 256 Å². The van der Waals surface area contributed by atoms with Crippen molar-refractivity contribution in [1.82, 2.24) is 79.3 Å². The number of hydrogen-bond donors (Lipinski definition) is 3. The zero-order chi connectivity index (χ0) is 52.8. The number of pyridine rings is 2. The number of H-pyrrole nitrogens is 2. The molecule has 75 heavy (non-hydrogen) atoms. The van der Waals surface area contributed by atoms with Gasteiger partial charge in [0.25, 0.3) is 6.43 Å². The van der Waals surface area contributed by atoms with Gasteiger partial charge in [-0.25, -0.2) is 18.1 Å². The van der Waals surface area contributed by atoms with Crippen LogP contribution in [0.15, 0.2) is 12.1 Å². The molecule has 0 fully saturated rings. The first-order valence-electron chi connectivity index (χ1n) is 24.5. The van der Waals surface area contributed by atoms with Gasteiger partial charge in [-0.05, 0) is 78.1 Å². The first-order chi connectivity index (χ1) is 36.1. The van der Waals surface area contributed by atoms with Crippen LogP contribution in [0.5, 0.6) is 17.6 Å². The average Bonchev–Trinajstić information content (AvgIpc) is 4.23. The van der Waals surface area contributed by atoms with Crippen molar-refractivity contribution in [1.29, 1.82) is 10.5 Å². The molecular formula is C51H56F2N18O4. The number of aryl methyl sites for hydroxylation is 7. The fourth-order valence-electron chi connectivity index (χ4n) is 10.0. The van der Waals surface area contributed by atoms with Crippen molar-refractivity contribution in [3.8, 4) is 52.3 Å². The first-order valence-corrected chi connectivity index (χ1v) is 24.5. The van der Waals surface area contributed by atoms with Gasteiger partial charge in [-0.3, -0.25) is 39.3 Å². The highest BCUT2D eigenvalue weighted by Crippen LogP contribution is 2.39. The van der Waals surface area contributed by atoms with Crippen molar-refractivity contribution in [2.75, 3.05) is 46.5 Å². The molecule has 2 aliphatic heterocycles. The van der Waals surface area contributed by atoms with Gasteiger partial charge in [0.1, 0.15) is 35.9 Å². The van der Waals surface area contributed by atoms with Crippen LogP contribution in [0, 0.1) is 43.4 Å². The molecule has 4 bridgehead atoms. The summed E-state index contributed by atoms with van der Waals surface area (Å²) in [6, 6.07) is 7.65. The molecular weight excluding hydrogens is 967 g/mol. The molecule has 22 nitrogen and oxygen atoms in total. The second kappa shape index (κ2) is 20.5. The molecule has 10 rings (SSSR count). The summed E-state index contributed by atoms with van der Waals surface area (Å²) in [7, 11) is 5.60. The highest BCUT2D eigenvalue weighted by atomic mass is 19.3. The van der Waals surface area contributed by atoms with Crippen LogP contribution in [0.25, 0.3) is 68.6 Å². The van der Waals surface area contributed by atoms with E-state index < -0.39 is 25.1 Å². The predicted molar refractivity (Wildman–Crippen MR) is 273 cm³/mol. The van der Waals surface area contributed by atoms with E-state index in [2.05, 4.69) is 41.6 Å². The van der Waals surface area contributed by atoms with Crippen LogP contribution in [-0.2, 0) is 40.2 Å². The number of nitriles is 2. The molecule has 0 saturated heterocycles. The Labute approximate surface area is 429 Å². The lowest BCUT2D eigenvalue weighted by Crippen LogP contribution is -2.38. The molecule has 0 saturated carbocycles. The highest BCUT2D eigenvalue weighted by molar-refractivity contribution is 5.95. The van der Waals surface area contributed by atoms with E-state index in [1.54, 1.807) is 52.0 Å². The fraction of sp³-hybridized carbons (Fsp3) is 0.412. The van der Waals surface area contributed by atoms with Gasteiger partial charge in [0.2, 0.25) is 17.6 Å². The molecule has 0 spiro atoms. The van der Waals surface area contributed by atoms with Crippen LogP contribution in [0.3, 0.4) is 0 Å². The van der Waals surface area contributed by atoms with E-state index in [9.17, 15) is 24.4 Å². The number of likely N-dealkylation sites (N-methyl/N-ethyl adjacent to an activating group) is 1. The molecule has 388 valence electrons. The van der Waals surface area contributed by atoms with E-state index in [0.717, 1.165) is 39.1 Å². The zero-order valence-corrected chi connectivity index (χ0v) is 42.9. The van der Waals surface area contributed by atoms with E-state index >= 15 is 0 Å². The average molecular weight is 1020 g/mol. The van der Waals surface area contributed by atoms with Gasteiger partial charge in [0.15, 0.2) is 12.3 Å². The highest BCUT2D eigenvalue weighted by Gasteiger charge is 2.30. The molecule has 0 radical (unpaired) electrons. The molecule has 0 unspecified atom stereocenters. The van der Waals surface area contributed by atoms with Crippen molar-refractivity contribution in [3.63, 3.8) is 0 Å². The van der Waals surface area contributed by atoms with E-state index in [4.69, 9.17) is 34.4 Å². The van der Waals surface area contributed by atoms with Gasteiger partial charge in [0, 0.05) is 69.6 Å². The lowest BCUT2D eigenvalue weighted by molar-refractivity contribution is 0.0582. The normalized spacial score (nSPS) is 16.7. The second-order valence-electron chi connectivity index (χ2n) is 19.0. The van der Waals surface area contributed by atoms with Gasteiger partial charge in [-0.1, -0.05) is 0 Å². The Morgan fingerprint density at radius 2 is 1.51 bits per heavy atom. The third-order valence-electron chi connectivity index (χ3n) is 13.5. The number of aliphatic hydroxyl groups excluding tert-OH is 1. The summed E-state index contributed by atoms with van der Waals surface area (Å²) in [4.78, 5) is 13.7. The number of aromatic nitrogens is 14. The van der Waals surface area contributed by atoms with Gasteiger partial charge in [0.05, 0.1) is 92.8 Å². The van der Waals surface area contributed by atoms with Crippen LogP contribution in [-0.4, -0.2) is 143 Å². The third kappa shape index (κ3) is 9.59. The molecule has 3 N–H and O–H groups in total. The van der Waals surface area contributed by atoms with Crippen molar-refractivity contribution >= 4 is 46.1 Å². The first kappa shape index (κ1) is 50.2. The Bertz CT molecular complexity index is 3620. The number of aromatic amines is 2. The largest absolute Gasteiger partial charge is 0.476 e. The van der Waals surface area contributed by atoms with Gasteiger partial charge < -0.3 is 19.3 Å². The van der Waals surface area contributed by atoms with Crippen molar-refractivity contribution < 1.29 is 28.1 Å². The van der Waals surface area contributed by atoms with Crippen molar-refractivity contribution in [2.24, 2.45) is 14.1 Å². The lowest BCUT2D eigenvalue weighted by Gasteiger charge is -2.27. The molecule has 24 heteroatoms. The molecule has 8 aromatic heterocycles. The fourth-order valence-corrected chi connectivity index (χ4v) is 10.0. The maximum absolute atomic E-state index is 14.5. The number of halogens is 2. The minimum Gasteiger partial charge on any atom is -0.476 e. The Hall–Kier alpha value is -8.32. The van der Waals surface area contributed by atoms with Crippen molar-refractivity contribution in [3.05, 3.63) is 74.5 Å². The van der Waals surface area contributed by atoms with E-state index in [1.807, 2.05) is 69.9 Å². The van der Waals surface area contributed by atoms with E-state index in [1.165, 1.54) is 0 Å². The second-order valence-corrected chi connectivity index (χ2v) is 19.0. The third-order valence-corrected chi connectivity index (χ3v) is 13.5. The van der Waals surface area contributed by atoms with Crippen LogP contribution in [0.4, 0.5) is 8.78 Å². The Morgan fingerprint density at radius 3 is 2.16 bits per heavy atom. The molecule has 0 amide bonds. The van der Waals surface area contributed by atoms with Crippen molar-refractivity contribution in [2.45, 2.75) is 79.2 Å². The SMILES string of the molecule is Cc1nn(C)c2c1-c1cc3c([nH]nc3c(C)n1)/C=C/c1c(C#N)nn(CCc3nn(C)c4c3-c3cc5c([nH]nc5c(C)n3)/C=C/c3c(OCC#N)nn([C@@H](C)CO)c3CN(CC(F)F)C[C@H](C)O4)c1CN(C)CCO2. The van der Waals surface area contributed by atoms with Crippen LogP contribution in [0.2, 0.25) is 0 Å². The number of hydrogen-bond acceptors (Lipinski definition) is 16. The molecule has 2 aliphatic rings. The number of nitrogens with one attached hydrogen (secondary N) is 2. The Kier molecular flexibility index (Phi) is 13.7. The Balaban J connectivity index is 1.06. The van der Waals surface area contributed by atoms with E-state index in [0.29, 0.717) is 106 Å². The van der Waals surface area contributed by atoms with Gasteiger partial charge in [-0.2, -0.15) is 36.0 Å². The maximum atomic E-state index is 14.5. The zero-order valence-electron chi connectivity index (χ0n) is 42.9. The predicted octanol–water partition coefficient (Wildman–Crippen LogP) is 5.93.